The minimum atomic E-state index is -0.452. The summed E-state index contributed by atoms with van der Waals surface area (Å²) in [6.45, 7) is 15.0. The summed E-state index contributed by atoms with van der Waals surface area (Å²) >= 11 is 0. The van der Waals surface area contributed by atoms with Crippen molar-refractivity contribution in [1.82, 2.24) is 15.1 Å². The molecule has 1 spiro atoms. The Hall–Kier alpha value is -1.30. The molecule has 6 heteroatoms. The zero-order chi connectivity index (χ0) is 18.0. The third kappa shape index (κ3) is 4.62. The van der Waals surface area contributed by atoms with Gasteiger partial charge in [-0.25, -0.2) is 4.79 Å². The highest BCUT2D eigenvalue weighted by atomic mass is 16.6. The van der Waals surface area contributed by atoms with E-state index in [1.807, 2.05) is 20.8 Å². The van der Waals surface area contributed by atoms with E-state index in [0.29, 0.717) is 6.54 Å². The first-order valence-corrected chi connectivity index (χ1v) is 9.16. The Kier molecular flexibility index (Phi) is 5.78. The number of hydrogen-bond donors (Lipinski definition) is 1. The molecular weight excluding hydrogens is 306 g/mol. The Morgan fingerprint density at radius 1 is 1.25 bits per heavy atom. The number of carbonyl (C=O) groups is 2. The van der Waals surface area contributed by atoms with E-state index in [4.69, 9.17) is 4.74 Å². The van der Waals surface area contributed by atoms with Crippen LogP contribution < -0.4 is 5.32 Å². The summed E-state index contributed by atoms with van der Waals surface area (Å²) in [6, 6.07) is 0. The topological polar surface area (TPSA) is 61.9 Å². The molecule has 1 saturated carbocycles. The number of amides is 2. The van der Waals surface area contributed by atoms with Gasteiger partial charge in [0.15, 0.2) is 0 Å². The number of rotatable bonds is 6. The zero-order valence-electron chi connectivity index (χ0n) is 15.9. The van der Waals surface area contributed by atoms with Crippen molar-refractivity contribution < 1.29 is 15.8 Å². The SMILES string of the molecule is CCN(CC)CCNC(=O)C1CC2(C1)CN(C(=O)OC(C)(C)C)C2.[HH]. The van der Waals surface area contributed by atoms with E-state index in [9.17, 15) is 9.59 Å². The lowest BCUT2D eigenvalue weighted by Crippen LogP contribution is -2.65. The molecular formula is C18H35N3O3. The molecule has 2 amide bonds. The van der Waals surface area contributed by atoms with Crippen LogP contribution in [0.15, 0.2) is 0 Å². The van der Waals surface area contributed by atoms with Crippen LogP contribution >= 0.6 is 0 Å². The molecule has 1 N–H and O–H groups in total. The Balaban J connectivity index is 0.00000312. The van der Waals surface area contributed by atoms with Gasteiger partial charge in [0.05, 0.1) is 0 Å². The van der Waals surface area contributed by atoms with Crippen LogP contribution in [0, 0.1) is 11.3 Å². The van der Waals surface area contributed by atoms with Gasteiger partial charge in [-0.2, -0.15) is 0 Å². The molecule has 2 rings (SSSR count). The van der Waals surface area contributed by atoms with E-state index >= 15 is 0 Å². The van der Waals surface area contributed by atoms with E-state index in [-0.39, 0.29) is 24.8 Å². The second-order valence-corrected chi connectivity index (χ2v) is 8.26. The van der Waals surface area contributed by atoms with Crippen molar-refractivity contribution in [3.8, 4) is 0 Å². The van der Waals surface area contributed by atoms with Crippen LogP contribution in [0.1, 0.15) is 48.9 Å². The third-order valence-electron chi connectivity index (χ3n) is 5.06. The van der Waals surface area contributed by atoms with E-state index < -0.39 is 5.60 Å². The highest BCUT2D eigenvalue weighted by Gasteiger charge is 2.56. The van der Waals surface area contributed by atoms with E-state index in [0.717, 1.165) is 45.6 Å². The number of nitrogens with one attached hydrogen (secondary N) is 1. The van der Waals surface area contributed by atoms with E-state index in [1.165, 1.54) is 0 Å². The lowest BCUT2D eigenvalue weighted by molar-refractivity contribution is -0.142. The van der Waals surface area contributed by atoms with Crippen molar-refractivity contribution in [2.75, 3.05) is 39.3 Å². The van der Waals surface area contributed by atoms with Crippen molar-refractivity contribution in [3.63, 3.8) is 0 Å². The maximum atomic E-state index is 12.2. The molecule has 6 nitrogen and oxygen atoms in total. The van der Waals surface area contributed by atoms with Gasteiger partial charge in [0.2, 0.25) is 5.91 Å². The Labute approximate surface area is 147 Å². The lowest BCUT2D eigenvalue weighted by atomic mass is 9.57. The van der Waals surface area contributed by atoms with Crippen LogP contribution in [0.3, 0.4) is 0 Å². The fourth-order valence-electron chi connectivity index (χ4n) is 3.67. The quantitative estimate of drug-likeness (QED) is 0.805. The molecule has 0 aromatic heterocycles. The summed E-state index contributed by atoms with van der Waals surface area (Å²) in [5.74, 6) is 0.283. The number of nitrogens with zero attached hydrogens (tertiary/aromatic N) is 2. The smallest absolute Gasteiger partial charge is 0.410 e. The van der Waals surface area contributed by atoms with Gasteiger partial charge in [0.25, 0.3) is 0 Å². The average Bonchev–Trinajstić information content (AvgIpc) is 2.38. The molecule has 0 aromatic carbocycles. The molecule has 2 aliphatic rings. The van der Waals surface area contributed by atoms with Gasteiger partial charge < -0.3 is 19.9 Å². The first-order valence-electron chi connectivity index (χ1n) is 9.16. The van der Waals surface area contributed by atoms with Crippen LogP contribution in [0.2, 0.25) is 0 Å². The maximum absolute atomic E-state index is 12.2. The normalized spacial score (nSPS) is 19.8. The molecule has 1 saturated heterocycles. The maximum Gasteiger partial charge on any atom is 0.410 e. The van der Waals surface area contributed by atoms with Crippen LogP contribution in [0.25, 0.3) is 0 Å². The molecule has 0 unspecified atom stereocenters. The Bertz CT molecular complexity index is 461. The predicted octanol–water partition coefficient (Wildman–Crippen LogP) is 2.34. The summed E-state index contributed by atoms with van der Waals surface area (Å²) in [5, 5.41) is 3.05. The van der Waals surface area contributed by atoms with E-state index in [2.05, 4.69) is 24.1 Å². The molecule has 0 bridgehead atoms. The number of carbonyl (C=O) groups excluding carboxylic acids is 2. The van der Waals surface area contributed by atoms with Gasteiger partial charge in [0.1, 0.15) is 5.60 Å². The van der Waals surface area contributed by atoms with Gasteiger partial charge in [-0.1, -0.05) is 13.8 Å². The molecule has 24 heavy (non-hydrogen) atoms. The van der Waals surface area contributed by atoms with Gasteiger partial charge in [-0.3, -0.25) is 4.79 Å². The van der Waals surface area contributed by atoms with Crippen molar-refractivity contribution in [3.05, 3.63) is 0 Å². The molecule has 0 atom stereocenters. The van der Waals surface area contributed by atoms with Crippen molar-refractivity contribution >= 4 is 12.0 Å². The third-order valence-corrected chi connectivity index (χ3v) is 5.06. The summed E-state index contributed by atoms with van der Waals surface area (Å²) in [5.41, 5.74) is -0.287. The van der Waals surface area contributed by atoms with Gasteiger partial charge >= 0.3 is 6.09 Å². The first kappa shape index (κ1) is 19.0. The summed E-state index contributed by atoms with van der Waals surface area (Å²) in [7, 11) is 0. The van der Waals surface area contributed by atoms with Gasteiger partial charge in [0, 0.05) is 38.9 Å². The minimum absolute atomic E-state index is 0. The fourth-order valence-corrected chi connectivity index (χ4v) is 3.67. The number of likely N-dealkylation sites (tertiary alicyclic amines) is 1. The summed E-state index contributed by atoms with van der Waals surface area (Å²) < 4.78 is 5.38. The Morgan fingerprint density at radius 2 is 1.83 bits per heavy atom. The minimum Gasteiger partial charge on any atom is -0.444 e. The molecule has 2 fully saturated rings. The number of ether oxygens (including phenoxy) is 1. The molecule has 1 aliphatic carbocycles. The zero-order valence-corrected chi connectivity index (χ0v) is 15.9. The first-order chi connectivity index (χ1) is 11.2. The fraction of sp³-hybridized carbons (Fsp3) is 0.889. The van der Waals surface area contributed by atoms with Crippen LogP contribution in [0.4, 0.5) is 4.79 Å². The van der Waals surface area contributed by atoms with Crippen molar-refractivity contribution in [1.29, 1.82) is 0 Å². The van der Waals surface area contributed by atoms with Crippen LogP contribution in [-0.2, 0) is 9.53 Å². The predicted molar refractivity (Wildman–Crippen MR) is 95.9 cm³/mol. The standard InChI is InChI=1S/C18H33N3O3.H2/c1-6-20(7-2)9-8-19-15(22)14-10-18(11-14)12-21(13-18)16(23)24-17(3,4)5;/h14H,6-13H2,1-5H3,(H,19,22);1H. The summed E-state index contributed by atoms with van der Waals surface area (Å²) in [4.78, 5) is 28.2. The molecule has 0 aromatic rings. The van der Waals surface area contributed by atoms with Crippen LogP contribution in [0.5, 0.6) is 0 Å². The molecule has 1 heterocycles. The number of likely N-dealkylation sites (N-methyl/N-ethyl adjacent to an activating group) is 1. The number of hydrogen-bond acceptors (Lipinski definition) is 4. The summed E-state index contributed by atoms with van der Waals surface area (Å²) in [6.07, 6.45) is 1.55. The van der Waals surface area contributed by atoms with Gasteiger partial charge in [-0.05, 0) is 46.7 Å². The monoisotopic (exact) mass is 341 g/mol. The highest BCUT2D eigenvalue weighted by molar-refractivity contribution is 5.80. The molecule has 140 valence electrons. The van der Waals surface area contributed by atoms with E-state index in [1.54, 1.807) is 4.90 Å². The second kappa shape index (κ2) is 7.30. The molecule has 0 radical (unpaired) electrons. The average molecular weight is 341 g/mol. The highest BCUT2D eigenvalue weighted by Crippen LogP contribution is 2.52. The van der Waals surface area contributed by atoms with Gasteiger partial charge in [-0.15, -0.1) is 0 Å². The largest absolute Gasteiger partial charge is 0.444 e. The van der Waals surface area contributed by atoms with Crippen LogP contribution in [-0.4, -0.2) is 66.7 Å². The lowest BCUT2D eigenvalue weighted by Gasteiger charge is -2.58. The van der Waals surface area contributed by atoms with Crippen molar-refractivity contribution in [2.45, 2.75) is 53.1 Å². The molecule has 1 aliphatic heterocycles. The second-order valence-electron chi connectivity index (χ2n) is 8.26. The Morgan fingerprint density at radius 3 is 2.33 bits per heavy atom. The van der Waals surface area contributed by atoms with Crippen molar-refractivity contribution in [2.24, 2.45) is 11.3 Å².